The van der Waals surface area contributed by atoms with Crippen LogP contribution in [0.4, 0.5) is 0 Å². The zero-order chi connectivity index (χ0) is 16.6. The van der Waals surface area contributed by atoms with Gasteiger partial charge in [-0.05, 0) is 26.0 Å². The first-order valence-corrected chi connectivity index (χ1v) is 7.57. The number of primary amides is 1. The van der Waals surface area contributed by atoms with Crippen molar-refractivity contribution in [3.05, 3.63) is 41.7 Å². The molecule has 2 amide bonds. The molecule has 3 rings (SSSR count). The fourth-order valence-corrected chi connectivity index (χ4v) is 2.81. The van der Waals surface area contributed by atoms with E-state index in [1.54, 1.807) is 11.0 Å². The van der Waals surface area contributed by atoms with Crippen LogP contribution in [0.5, 0.6) is 0 Å². The number of para-hydroxylation sites is 1. The highest BCUT2D eigenvalue weighted by molar-refractivity contribution is 6.15. The Balaban J connectivity index is 2.30. The van der Waals surface area contributed by atoms with Crippen molar-refractivity contribution in [2.75, 3.05) is 13.1 Å². The molecule has 6 nitrogen and oxygen atoms in total. The van der Waals surface area contributed by atoms with Crippen LogP contribution < -0.4 is 5.73 Å². The van der Waals surface area contributed by atoms with Crippen molar-refractivity contribution in [2.45, 2.75) is 13.8 Å². The molecule has 0 saturated carbocycles. The van der Waals surface area contributed by atoms with E-state index in [4.69, 9.17) is 5.73 Å². The van der Waals surface area contributed by atoms with Crippen LogP contribution in [0.2, 0.25) is 0 Å². The van der Waals surface area contributed by atoms with Crippen LogP contribution in [0.15, 0.2) is 30.3 Å². The summed E-state index contributed by atoms with van der Waals surface area (Å²) < 4.78 is 0. The summed E-state index contributed by atoms with van der Waals surface area (Å²) in [6.45, 7) is 4.96. The molecular weight excluding hydrogens is 292 g/mol. The molecule has 23 heavy (non-hydrogen) atoms. The fraction of sp³-hybridized carbons (Fsp3) is 0.235. The second kappa shape index (κ2) is 5.72. The molecule has 1 aromatic carbocycles. The molecule has 0 atom stereocenters. The molecule has 3 aromatic rings. The number of fused-ring (bicyclic) bond motifs is 3. The second-order valence-corrected chi connectivity index (χ2v) is 5.29. The van der Waals surface area contributed by atoms with Crippen molar-refractivity contribution in [1.29, 1.82) is 0 Å². The van der Waals surface area contributed by atoms with Gasteiger partial charge in [-0.2, -0.15) is 0 Å². The third-order valence-corrected chi connectivity index (χ3v) is 4.00. The quantitative estimate of drug-likeness (QED) is 0.774. The Kier molecular flexibility index (Phi) is 3.73. The summed E-state index contributed by atoms with van der Waals surface area (Å²) in [7, 11) is 0. The molecule has 0 aliphatic rings. The maximum atomic E-state index is 12.6. The number of carbonyl (C=O) groups is 2. The molecule has 3 N–H and O–H groups in total. The third kappa shape index (κ3) is 2.42. The van der Waals surface area contributed by atoms with Crippen molar-refractivity contribution in [1.82, 2.24) is 14.9 Å². The number of benzene rings is 1. The van der Waals surface area contributed by atoms with Crippen LogP contribution >= 0.6 is 0 Å². The van der Waals surface area contributed by atoms with Crippen LogP contribution in [0.3, 0.4) is 0 Å². The molecule has 0 radical (unpaired) electrons. The van der Waals surface area contributed by atoms with Gasteiger partial charge in [0.1, 0.15) is 5.69 Å². The molecule has 118 valence electrons. The number of aromatic amines is 1. The molecule has 2 heterocycles. The number of nitrogens with one attached hydrogen (secondary N) is 1. The lowest BCUT2D eigenvalue weighted by Gasteiger charge is -2.18. The van der Waals surface area contributed by atoms with E-state index < -0.39 is 5.91 Å². The Bertz CT molecular complexity index is 909. The summed E-state index contributed by atoms with van der Waals surface area (Å²) in [4.78, 5) is 33.4. The normalized spacial score (nSPS) is 11.0. The fourth-order valence-electron chi connectivity index (χ4n) is 2.81. The van der Waals surface area contributed by atoms with Gasteiger partial charge in [-0.15, -0.1) is 0 Å². The van der Waals surface area contributed by atoms with Crippen molar-refractivity contribution < 1.29 is 9.59 Å². The number of nitrogens with zero attached hydrogens (tertiary/aromatic N) is 2. The Labute approximate surface area is 133 Å². The van der Waals surface area contributed by atoms with Crippen LogP contribution in [0, 0.1) is 0 Å². The van der Waals surface area contributed by atoms with Crippen molar-refractivity contribution in [3.63, 3.8) is 0 Å². The van der Waals surface area contributed by atoms with E-state index in [1.807, 2.05) is 38.1 Å². The Morgan fingerprint density at radius 3 is 2.52 bits per heavy atom. The van der Waals surface area contributed by atoms with E-state index in [0.717, 1.165) is 16.3 Å². The summed E-state index contributed by atoms with van der Waals surface area (Å²) in [6, 6.07) is 9.38. The van der Waals surface area contributed by atoms with Gasteiger partial charge in [-0.3, -0.25) is 9.59 Å². The van der Waals surface area contributed by atoms with Gasteiger partial charge in [0.25, 0.3) is 11.8 Å². The summed E-state index contributed by atoms with van der Waals surface area (Å²) in [5.74, 6) is -0.861. The highest BCUT2D eigenvalue weighted by Crippen LogP contribution is 2.27. The van der Waals surface area contributed by atoms with E-state index in [9.17, 15) is 9.59 Å². The number of H-pyrrole nitrogens is 1. The van der Waals surface area contributed by atoms with Gasteiger partial charge < -0.3 is 15.6 Å². The lowest BCUT2D eigenvalue weighted by Crippen LogP contribution is -2.31. The molecule has 0 aliphatic heterocycles. The average molecular weight is 310 g/mol. The number of rotatable bonds is 4. The van der Waals surface area contributed by atoms with Gasteiger partial charge in [0.2, 0.25) is 0 Å². The third-order valence-electron chi connectivity index (χ3n) is 4.00. The molecule has 0 saturated heterocycles. The standard InChI is InChI=1S/C17H18N4O2/c1-3-21(4-2)17(23)13-9-11-10-7-5-6-8-12(10)19-14(11)15(20-13)16(18)22/h5-9,19H,3-4H2,1-2H3,(H2,18,22). The summed E-state index contributed by atoms with van der Waals surface area (Å²) in [5.41, 5.74) is 7.23. The summed E-state index contributed by atoms with van der Waals surface area (Å²) in [6.07, 6.45) is 0. The van der Waals surface area contributed by atoms with Crippen LogP contribution in [-0.4, -0.2) is 39.8 Å². The highest BCUT2D eigenvalue weighted by atomic mass is 16.2. The Morgan fingerprint density at radius 2 is 1.87 bits per heavy atom. The number of pyridine rings is 1. The zero-order valence-corrected chi connectivity index (χ0v) is 13.1. The molecular formula is C17H18N4O2. The van der Waals surface area contributed by atoms with Gasteiger partial charge in [-0.25, -0.2) is 4.98 Å². The number of aromatic nitrogens is 2. The number of nitrogens with two attached hydrogens (primary N) is 1. The average Bonchev–Trinajstić information content (AvgIpc) is 2.93. The second-order valence-electron chi connectivity index (χ2n) is 5.29. The number of hydrogen-bond acceptors (Lipinski definition) is 3. The monoisotopic (exact) mass is 310 g/mol. The molecule has 0 fully saturated rings. The SMILES string of the molecule is CCN(CC)C(=O)c1cc2c([nH]c3ccccc32)c(C(N)=O)n1. The van der Waals surface area contributed by atoms with Crippen molar-refractivity contribution >= 4 is 33.6 Å². The van der Waals surface area contributed by atoms with E-state index in [1.165, 1.54) is 0 Å². The van der Waals surface area contributed by atoms with Crippen LogP contribution in [-0.2, 0) is 0 Å². The van der Waals surface area contributed by atoms with E-state index in [0.29, 0.717) is 18.6 Å². The first kappa shape index (κ1) is 15.0. The number of carbonyl (C=O) groups excluding carboxylic acids is 2. The van der Waals surface area contributed by atoms with E-state index in [2.05, 4.69) is 9.97 Å². The molecule has 0 spiro atoms. The molecule has 6 heteroatoms. The molecule has 2 aromatic heterocycles. The minimum Gasteiger partial charge on any atom is -0.364 e. The van der Waals surface area contributed by atoms with Crippen LogP contribution in [0.1, 0.15) is 34.8 Å². The summed E-state index contributed by atoms with van der Waals surface area (Å²) >= 11 is 0. The predicted octanol–water partition coefficient (Wildman–Crippen LogP) is 2.30. The Hall–Kier alpha value is -2.89. The van der Waals surface area contributed by atoms with Crippen LogP contribution in [0.25, 0.3) is 21.8 Å². The minimum atomic E-state index is -0.657. The maximum Gasteiger partial charge on any atom is 0.272 e. The van der Waals surface area contributed by atoms with Gasteiger partial charge in [0.05, 0.1) is 5.52 Å². The number of hydrogen-bond donors (Lipinski definition) is 2. The minimum absolute atomic E-state index is 0.0919. The number of amides is 2. The lowest BCUT2D eigenvalue weighted by atomic mass is 10.1. The van der Waals surface area contributed by atoms with Gasteiger partial charge in [0.15, 0.2) is 5.69 Å². The van der Waals surface area contributed by atoms with Gasteiger partial charge >= 0.3 is 0 Å². The molecule has 0 unspecified atom stereocenters. The van der Waals surface area contributed by atoms with Crippen molar-refractivity contribution in [3.8, 4) is 0 Å². The maximum absolute atomic E-state index is 12.6. The first-order valence-electron chi connectivity index (χ1n) is 7.57. The van der Waals surface area contributed by atoms with Gasteiger partial charge in [-0.1, -0.05) is 18.2 Å². The topological polar surface area (TPSA) is 92.1 Å². The van der Waals surface area contributed by atoms with Gasteiger partial charge in [0, 0.05) is 29.4 Å². The van der Waals surface area contributed by atoms with E-state index >= 15 is 0 Å². The summed E-state index contributed by atoms with van der Waals surface area (Å²) in [5, 5.41) is 1.71. The van der Waals surface area contributed by atoms with Crippen molar-refractivity contribution in [2.24, 2.45) is 5.73 Å². The molecule has 0 aliphatic carbocycles. The Morgan fingerprint density at radius 1 is 1.17 bits per heavy atom. The zero-order valence-electron chi connectivity index (χ0n) is 13.1. The molecule has 0 bridgehead atoms. The predicted molar refractivity (Wildman–Crippen MR) is 89.4 cm³/mol. The van der Waals surface area contributed by atoms with E-state index in [-0.39, 0.29) is 17.3 Å². The smallest absolute Gasteiger partial charge is 0.272 e. The largest absolute Gasteiger partial charge is 0.364 e. The lowest BCUT2D eigenvalue weighted by molar-refractivity contribution is 0.0767. The highest BCUT2D eigenvalue weighted by Gasteiger charge is 2.20. The first-order chi connectivity index (χ1) is 11.1.